The van der Waals surface area contributed by atoms with E-state index in [0.29, 0.717) is 12.1 Å². The van der Waals surface area contributed by atoms with Crippen LogP contribution in [-0.2, 0) is 4.79 Å². The zero-order chi connectivity index (χ0) is 18.8. The molecule has 136 valence electrons. The number of methoxy groups -OCH3 is 1. The summed E-state index contributed by atoms with van der Waals surface area (Å²) in [5.74, 6) is -0.177. The van der Waals surface area contributed by atoms with Gasteiger partial charge >= 0.3 is 0 Å². The van der Waals surface area contributed by atoms with Crippen LogP contribution in [-0.4, -0.2) is 48.1 Å². The predicted molar refractivity (Wildman–Crippen MR) is 98.7 cm³/mol. The number of carbonyl (C=O) groups excluding carboxylic acids is 2. The largest absolute Gasteiger partial charge is 0.504 e. The van der Waals surface area contributed by atoms with Crippen molar-refractivity contribution in [2.75, 3.05) is 25.1 Å². The van der Waals surface area contributed by atoms with Gasteiger partial charge in [-0.2, -0.15) is 0 Å². The molecule has 1 heterocycles. The summed E-state index contributed by atoms with van der Waals surface area (Å²) >= 11 is 0. The van der Waals surface area contributed by atoms with Crippen LogP contribution in [0.25, 0.3) is 0 Å². The fourth-order valence-corrected chi connectivity index (χ4v) is 3.07. The van der Waals surface area contributed by atoms with Gasteiger partial charge in [0.2, 0.25) is 5.91 Å². The number of amides is 2. The average molecular weight is 354 g/mol. The summed E-state index contributed by atoms with van der Waals surface area (Å²) in [6, 6.07) is 12.1. The van der Waals surface area contributed by atoms with Gasteiger partial charge in [-0.3, -0.25) is 9.59 Å². The molecule has 1 fully saturated rings. The first-order valence-corrected chi connectivity index (χ1v) is 8.45. The highest BCUT2D eigenvalue weighted by molar-refractivity contribution is 6.02. The highest BCUT2D eigenvalue weighted by atomic mass is 16.5. The van der Waals surface area contributed by atoms with Gasteiger partial charge in [-0.15, -0.1) is 0 Å². The van der Waals surface area contributed by atoms with Crippen LogP contribution < -0.4 is 9.64 Å². The number of piperazine rings is 1. The van der Waals surface area contributed by atoms with Crippen molar-refractivity contribution in [1.29, 1.82) is 0 Å². The maximum Gasteiger partial charge on any atom is 0.254 e. The van der Waals surface area contributed by atoms with E-state index in [2.05, 4.69) is 0 Å². The van der Waals surface area contributed by atoms with Crippen molar-refractivity contribution >= 4 is 17.5 Å². The van der Waals surface area contributed by atoms with Gasteiger partial charge in [0.05, 0.1) is 7.11 Å². The molecule has 1 aliphatic rings. The SMILES string of the molecule is COc1cc(C(=O)N2CC(=O)N(c3ccc(C)cc3)C[C@H]2C)ccc1O. The Morgan fingerprint density at radius 1 is 1.19 bits per heavy atom. The minimum absolute atomic E-state index is 0.0110. The van der Waals surface area contributed by atoms with Gasteiger partial charge in [-0.05, 0) is 44.2 Å². The Hall–Kier alpha value is -3.02. The third-order valence-electron chi connectivity index (χ3n) is 4.62. The average Bonchev–Trinajstić information content (AvgIpc) is 2.64. The van der Waals surface area contributed by atoms with Gasteiger partial charge < -0.3 is 19.6 Å². The number of hydrogen-bond donors (Lipinski definition) is 1. The molecule has 1 N–H and O–H groups in total. The molecule has 0 unspecified atom stereocenters. The molecule has 0 aromatic heterocycles. The zero-order valence-corrected chi connectivity index (χ0v) is 15.1. The summed E-state index contributed by atoms with van der Waals surface area (Å²) in [5.41, 5.74) is 2.35. The van der Waals surface area contributed by atoms with E-state index < -0.39 is 0 Å². The van der Waals surface area contributed by atoms with E-state index in [9.17, 15) is 14.7 Å². The molecule has 6 nitrogen and oxygen atoms in total. The lowest BCUT2D eigenvalue weighted by atomic mass is 10.1. The van der Waals surface area contributed by atoms with Crippen molar-refractivity contribution < 1.29 is 19.4 Å². The Morgan fingerprint density at radius 3 is 2.54 bits per heavy atom. The summed E-state index contributed by atoms with van der Waals surface area (Å²) in [6.07, 6.45) is 0. The molecule has 3 rings (SSSR count). The number of rotatable bonds is 3. The van der Waals surface area contributed by atoms with Crippen molar-refractivity contribution in [3.8, 4) is 11.5 Å². The molecule has 2 amide bonds. The van der Waals surface area contributed by atoms with Gasteiger partial charge in [0.15, 0.2) is 11.5 Å². The number of hydrogen-bond acceptors (Lipinski definition) is 4. The van der Waals surface area contributed by atoms with Crippen LogP contribution in [0.4, 0.5) is 5.69 Å². The fraction of sp³-hybridized carbons (Fsp3) is 0.300. The van der Waals surface area contributed by atoms with E-state index in [1.165, 1.54) is 25.3 Å². The molecule has 0 aliphatic carbocycles. The number of aromatic hydroxyl groups is 1. The number of anilines is 1. The predicted octanol–water partition coefficient (Wildman–Crippen LogP) is 2.59. The van der Waals surface area contributed by atoms with Gasteiger partial charge in [0.25, 0.3) is 5.91 Å². The zero-order valence-electron chi connectivity index (χ0n) is 15.1. The molecule has 1 atom stereocenters. The maximum absolute atomic E-state index is 12.8. The van der Waals surface area contributed by atoms with Crippen LogP contribution in [0.1, 0.15) is 22.8 Å². The third-order valence-corrected chi connectivity index (χ3v) is 4.62. The Kier molecular flexibility index (Phi) is 4.84. The maximum atomic E-state index is 12.8. The second-order valence-corrected chi connectivity index (χ2v) is 6.51. The van der Waals surface area contributed by atoms with Crippen molar-refractivity contribution in [3.05, 3.63) is 53.6 Å². The molecule has 2 aromatic carbocycles. The highest BCUT2D eigenvalue weighted by Crippen LogP contribution is 2.28. The number of phenols is 1. The molecule has 0 radical (unpaired) electrons. The first-order valence-electron chi connectivity index (χ1n) is 8.45. The molecule has 6 heteroatoms. The van der Waals surface area contributed by atoms with Crippen molar-refractivity contribution in [3.63, 3.8) is 0 Å². The number of aryl methyl sites for hydroxylation is 1. The second-order valence-electron chi connectivity index (χ2n) is 6.51. The number of ether oxygens (including phenoxy) is 1. The molecule has 2 aromatic rings. The van der Waals surface area contributed by atoms with E-state index in [1.807, 2.05) is 38.1 Å². The lowest BCUT2D eigenvalue weighted by molar-refractivity contribution is -0.121. The van der Waals surface area contributed by atoms with Crippen LogP contribution in [0.15, 0.2) is 42.5 Å². The van der Waals surface area contributed by atoms with Gasteiger partial charge in [0.1, 0.15) is 6.54 Å². The van der Waals surface area contributed by atoms with E-state index in [4.69, 9.17) is 4.74 Å². The standard InChI is InChI=1S/C20H22N2O4/c1-13-4-7-16(8-5-13)22-11-14(2)21(12-19(22)24)20(25)15-6-9-17(23)18(10-15)26-3/h4-10,14,23H,11-12H2,1-3H3/t14-/m1/s1. The molecular weight excluding hydrogens is 332 g/mol. The van der Waals surface area contributed by atoms with E-state index in [0.717, 1.165) is 11.3 Å². The highest BCUT2D eigenvalue weighted by Gasteiger charge is 2.33. The number of carbonyl (C=O) groups is 2. The van der Waals surface area contributed by atoms with Crippen molar-refractivity contribution in [1.82, 2.24) is 4.90 Å². The lowest BCUT2D eigenvalue weighted by Crippen LogP contribution is -2.57. The van der Waals surface area contributed by atoms with Crippen LogP contribution in [0.5, 0.6) is 11.5 Å². The molecular formula is C20H22N2O4. The minimum Gasteiger partial charge on any atom is -0.504 e. The Labute approximate surface area is 152 Å². The second kappa shape index (κ2) is 7.07. The Balaban J connectivity index is 1.80. The van der Waals surface area contributed by atoms with Crippen molar-refractivity contribution in [2.45, 2.75) is 19.9 Å². The summed E-state index contributed by atoms with van der Waals surface area (Å²) in [5, 5.41) is 9.69. The fourth-order valence-electron chi connectivity index (χ4n) is 3.07. The molecule has 0 saturated carbocycles. The number of phenolic OH excluding ortho intramolecular Hbond substituents is 1. The quantitative estimate of drug-likeness (QED) is 0.920. The summed E-state index contributed by atoms with van der Waals surface area (Å²) < 4.78 is 5.06. The van der Waals surface area contributed by atoms with Gasteiger partial charge in [-0.1, -0.05) is 17.7 Å². The first-order chi connectivity index (χ1) is 12.4. The lowest BCUT2D eigenvalue weighted by Gasteiger charge is -2.39. The van der Waals surface area contributed by atoms with Crippen LogP contribution in [0, 0.1) is 6.92 Å². The normalized spacial score (nSPS) is 17.3. The monoisotopic (exact) mass is 354 g/mol. The smallest absolute Gasteiger partial charge is 0.254 e. The molecule has 1 aliphatic heterocycles. The van der Waals surface area contributed by atoms with Crippen molar-refractivity contribution in [2.24, 2.45) is 0 Å². The van der Waals surface area contributed by atoms with Crippen LogP contribution >= 0.6 is 0 Å². The number of nitrogens with zero attached hydrogens (tertiary/aromatic N) is 2. The minimum atomic E-state index is -0.257. The summed E-state index contributed by atoms with van der Waals surface area (Å²) in [4.78, 5) is 28.7. The van der Waals surface area contributed by atoms with Gasteiger partial charge in [0, 0.05) is 23.8 Å². The first kappa shape index (κ1) is 17.8. The van der Waals surface area contributed by atoms with Gasteiger partial charge in [-0.25, -0.2) is 0 Å². The van der Waals surface area contributed by atoms with E-state index in [-0.39, 0.29) is 35.9 Å². The third kappa shape index (κ3) is 3.35. The Bertz CT molecular complexity index is 832. The van der Waals surface area contributed by atoms with Crippen LogP contribution in [0.3, 0.4) is 0 Å². The topological polar surface area (TPSA) is 70.1 Å². The van der Waals surface area contributed by atoms with E-state index in [1.54, 1.807) is 9.80 Å². The molecule has 26 heavy (non-hydrogen) atoms. The van der Waals surface area contributed by atoms with Crippen LogP contribution in [0.2, 0.25) is 0 Å². The molecule has 1 saturated heterocycles. The van der Waals surface area contributed by atoms with E-state index >= 15 is 0 Å². The Morgan fingerprint density at radius 2 is 1.88 bits per heavy atom. The molecule has 0 spiro atoms. The summed E-state index contributed by atoms with van der Waals surface area (Å²) in [6.45, 7) is 4.36. The summed E-state index contributed by atoms with van der Waals surface area (Å²) in [7, 11) is 1.43. The number of benzene rings is 2. The molecule has 0 bridgehead atoms.